The van der Waals surface area contributed by atoms with Crippen LogP contribution in [-0.2, 0) is 0 Å². The molecule has 0 bridgehead atoms. The molecule has 2 aromatic carbocycles. The molecule has 2 fully saturated rings. The Balaban J connectivity index is 1.24. The van der Waals surface area contributed by atoms with E-state index in [4.69, 9.17) is 0 Å². The fraction of sp³-hybridized carbons (Fsp3) is 0.500. The van der Waals surface area contributed by atoms with Crippen molar-refractivity contribution in [1.82, 2.24) is 0 Å². The van der Waals surface area contributed by atoms with Gasteiger partial charge in [-0.3, -0.25) is 0 Å². The van der Waals surface area contributed by atoms with Crippen molar-refractivity contribution in [2.24, 2.45) is 17.8 Å². The number of hydrogen-bond acceptors (Lipinski definition) is 0. The van der Waals surface area contributed by atoms with E-state index in [0.717, 1.165) is 28.9 Å². The summed E-state index contributed by atoms with van der Waals surface area (Å²) in [6, 6.07) is 20.2. The van der Waals surface area contributed by atoms with Crippen LogP contribution in [0.25, 0.3) is 17.2 Å². The fourth-order valence-corrected chi connectivity index (χ4v) is 9.32. The van der Waals surface area contributed by atoms with E-state index in [0.29, 0.717) is 0 Å². The SMILES string of the molecule is CCC[SiH]1CCC(C2CCC(C=Cc3ccc(-c4ccc(F)cc4)cc3)CC2)CC1. The van der Waals surface area contributed by atoms with Crippen LogP contribution in [0.3, 0.4) is 0 Å². The molecular formula is C28H37FSi. The highest BCUT2D eigenvalue weighted by molar-refractivity contribution is 6.58. The van der Waals surface area contributed by atoms with Crippen LogP contribution in [0.15, 0.2) is 54.6 Å². The third kappa shape index (κ3) is 5.72. The molecule has 0 nitrogen and oxygen atoms in total. The average Bonchev–Trinajstić information content (AvgIpc) is 2.80. The molecule has 0 aromatic heterocycles. The minimum absolute atomic E-state index is 0.181. The first-order valence-electron chi connectivity index (χ1n) is 12.3. The van der Waals surface area contributed by atoms with E-state index in [1.807, 2.05) is 12.1 Å². The highest BCUT2D eigenvalue weighted by atomic mass is 28.3. The first-order chi connectivity index (χ1) is 14.7. The first kappa shape index (κ1) is 21.6. The summed E-state index contributed by atoms with van der Waals surface area (Å²) in [6.45, 7) is 2.37. The average molecular weight is 421 g/mol. The van der Waals surface area contributed by atoms with Gasteiger partial charge in [-0.15, -0.1) is 0 Å². The quantitative estimate of drug-likeness (QED) is 0.412. The van der Waals surface area contributed by atoms with E-state index in [1.165, 1.54) is 49.8 Å². The molecule has 4 rings (SSSR count). The Hall–Kier alpha value is -1.67. The van der Waals surface area contributed by atoms with Gasteiger partial charge in [0.1, 0.15) is 5.82 Å². The summed E-state index contributed by atoms with van der Waals surface area (Å²) in [5.41, 5.74) is 3.48. The summed E-state index contributed by atoms with van der Waals surface area (Å²) < 4.78 is 13.1. The molecule has 0 unspecified atom stereocenters. The van der Waals surface area contributed by atoms with Gasteiger partial charge in [0, 0.05) is 8.80 Å². The van der Waals surface area contributed by atoms with Crippen molar-refractivity contribution in [3.63, 3.8) is 0 Å². The third-order valence-electron chi connectivity index (χ3n) is 7.72. The lowest BCUT2D eigenvalue weighted by Crippen LogP contribution is -2.28. The Morgan fingerprint density at radius 1 is 0.800 bits per heavy atom. The Morgan fingerprint density at radius 2 is 1.37 bits per heavy atom. The number of halogens is 1. The Kier molecular flexibility index (Phi) is 7.60. The van der Waals surface area contributed by atoms with Crippen molar-refractivity contribution in [2.75, 3.05) is 0 Å². The maximum Gasteiger partial charge on any atom is 0.123 e. The zero-order valence-corrected chi connectivity index (χ0v) is 19.7. The molecule has 1 saturated heterocycles. The number of rotatable bonds is 6. The van der Waals surface area contributed by atoms with Crippen LogP contribution < -0.4 is 0 Å². The second kappa shape index (κ2) is 10.6. The number of benzene rings is 2. The molecule has 2 heteroatoms. The van der Waals surface area contributed by atoms with E-state index >= 15 is 0 Å². The predicted octanol–water partition coefficient (Wildman–Crippen LogP) is 8.36. The summed E-state index contributed by atoms with van der Waals surface area (Å²) in [5, 5.41) is 0. The molecule has 2 aromatic rings. The smallest absolute Gasteiger partial charge is 0.123 e. The lowest BCUT2D eigenvalue weighted by Gasteiger charge is -2.37. The monoisotopic (exact) mass is 420 g/mol. The Bertz CT molecular complexity index is 792. The molecule has 0 radical (unpaired) electrons. The molecule has 30 heavy (non-hydrogen) atoms. The molecule has 1 heterocycles. The van der Waals surface area contributed by atoms with E-state index in [1.54, 1.807) is 31.0 Å². The zero-order chi connectivity index (χ0) is 20.8. The van der Waals surface area contributed by atoms with Gasteiger partial charge in [-0.25, -0.2) is 4.39 Å². The molecule has 160 valence electrons. The highest BCUT2D eigenvalue weighted by Gasteiger charge is 2.30. The molecule has 0 N–H and O–H groups in total. The van der Waals surface area contributed by atoms with E-state index in [2.05, 4.69) is 43.3 Å². The van der Waals surface area contributed by atoms with Crippen molar-refractivity contribution in [1.29, 1.82) is 0 Å². The van der Waals surface area contributed by atoms with Crippen LogP contribution in [0.5, 0.6) is 0 Å². The van der Waals surface area contributed by atoms with Crippen molar-refractivity contribution in [3.05, 3.63) is 66.0 Å². The Labute approximate surface area is 184 Å². The summed E-state index contributed by atoms with van der Waals surface area (Å²) >= 11 is 0. The van der Waals surface area contributed by atoms with E-state index in [9.17, 15) is 4.39 Å². The van der Waals surface area contributed by atoms with Crippen LogP contribution in [0, 0.1) is 23.6 Å². The zero-order valence-electron chi connectivity index (χ0n) is 18.5. The van der Waals surface area contributed by atoms with Gasteiger partial charge in [-0.2, -0.15) is 0 Å². The summed E-state index contributed by atoms with van der Waals surface area (Å²) in [5.74, 6) is 2.64. The molecule has 1 aliphatic carbocycles. The van der Waals surface area contributed by atoms with Crippen LogP contribution in [0.1, 0.15) is 57.4 Å². The van der Waals surface area contributed by atoms with Gasteiger partial charge in [0.2, 0.25) is 0 Å². The molecule has 0 atom stereocenters. The second-order valence-electron chi connectivity index (χ2n) is 9.73. The van der Waals surface area contributed by atoms with Gasteiger partial charge in [-0.05, 0) is 72.3 Å². The topological polar surface area (TPSA) is 0 Å². The van der Waals surface area contributed by atoms with Gasteiger partial charge in [-0.1, -0.05) is 92.9 Å². The van der Waals surface area contributed by atoms with Crippen LogP contribution in [-0.4, -0.2) is 8.80 Å². The minimum atomic E-state index is -0.332. The summed E-state index contributed by atoms with van der Waals surface area (Å²) in [7, 11) is -0.332. The fourth-order valence-electron chi connectivity index (χ4n) is 5.84. The van der Waals surface area contributed by atoms with Gasteiger partial charge in [0.05, 0.1) is 0 Å². The van der Waals surface area contributed by atoms with Gasteiger partial charge < -0.3 is 0 Å². The summed E-state index contributed by atoms with van der Waals surface area (Å²) in [4.78, 5) is 0. The molecule has 0 amide bonds. The van der Waals surface area contributed by atoms with Crippen molar-refractivity contribution < 1.29 is 4.39 Å². The van der Waals surface area contributed by atoms with Crippen molar-refractivity contribution >= 4 is 14.9 Å². The van der Waals surface area contributed by atoms with Gasteiger partial charge >= 0.3 is 0 Å². The van der Waals surface area contributed by atoms with Gasteiger partial charge in [0.15, 0.2) is 0 Å². The first-order valence-corrected chi connectivity index (χ1v) is 14.7. The minimum Gasteiger partial charge on any atom is -0.207 e. The lowest BCUT2D eigenvalue weighted by atomic mass is 9.74. The van der Waals surface area contributed by atoms with Crippen LogP contribution >= 0.6 is 0 Å². The maximum absolute atomic E-state index is 13.1. The van der Waals surface area contributed by atoms with Gasteiger partial charge in [0.25, 0.3) is 0 Å². The summed E-state index contributed by atoms with van der Waals surface area (Å²) in [6.07, 6.45) is 14.9. The van der Waals surface area contributed by atoms with Crippen molar-refractivity contribution in [3.8, 4) is 11.1 Å². The molecule has 1 saturated carbocycles. The van der Waals surface area contributed by atoms with E-state index in [-0.39, 0.29) is 14.6 Å². The van der Waals surface area contributed by atoms with Crippen molar-refractivity contribution in [2.45, 2.75) is 70.0 Å². The molecular weight excluding hydrogens is 383 g/mol. The Morgan fingerprint density at radius 3 is 1.97 bits per heavy atom. The van der Waals surface area contributed by atoms with Crippen LogP contribution in [0.4, 0.5) is 4.39 Å². The third-order valence-corrected chi connectivity index (χ3v) is 11.4. The highest BCUT2D eigenvalue weighted by Crippen LogP contribution is 2.41. The standard InChI is InChI=1S/C28H37FSi/c1-2-19-30-20-17-27(18-21-30)25-11-7-23(8-12-25)4-3-22-5-9-24(10-6-22)26-13-15-28(29)16-14-26/h3-6,9-10,13-16,23,25,27,30H,2,7-8,11-12,17-21H2,1H3. The largest absolute Gasteiger partial charge is 0.207 e. The number of allylic oxidation sites excluding steroid dienone is 1. The molecule has 2 aliphatic rings. The molecule has 0 spiro atoms. The second-order valence-corrected chi connectivity index (χ2v) is 13.2. The normalized spacial score (nSPS) is 27.4. The molecule has 1 aliphatic heterocycles. The van der Waals surface area contributed by atoms with Crippen LogP contribution in [0.2, 0.25) is 18.1 Å². The van der Waals surface area contributed by atoms with E-state index < -0.39 is 0 Å². The maximum atomic E-state index is 13.1. The number of hydrogen-bond donors (Lipinski definition) is 0. The lowest BCUT2D eigenvalue weighted by molar-refractivity contribution is 0.208. The predicted molar refractivity (Wildman–Crippen MR) is 131 cm³/mol.